The molecule has 1 amide bonds. The Morgan fingerprint density at radius 1 is 1.10 bits per heavy atom. The minimum atomic E-state index is -3.80. The van der Waals surface area contributed by atoms with Gasteiger partial charge >= 0.3 is 0 Å². The molecule has 2 aliphatic rings. The number of benzene rings is 2. The Balaban J connectivity index is 1.70. The average Bonchev–Trinajstić information content (AvgIpc) is 3.16. The number of morpholine rings is 1. The molecule has 0 unspecified atom stereocenters. The van der Waals surface area contributed by atoms with Crippen LogP contribution >= 0.6 is 15.9 Å². The topological polar surface area (TPSA) is 76.2 Å². The Kier molecular flexibility index (Phi) is 5.65. The number of rotatable bonds is 4. The summed E-state index contributed by atoms with van der Waals surface area (Å²) in [5, 5.41) is 0. The van der Waals surface area contributed by atoms with Crippen molar-refractivity contribution in [3.63, 3.8) is 0 Å². The van der Waals surface area contributed by atoms with E-state index in [9.17, 15) is 13.2 Å². The molecular weight excluding hydrogens is 460 g/mol. The zero-order chi connectivity index (χ0) is 20.6. The summed E-state index contributed by atoms with van der Waals surface area (Å²) in [5.41, 5.74) is 2.25. The van der Waals surface area contributed by atoms with Crippen molar-refractivity contribution in [2.75, 3.05) is 44.9 Å². The van der Waals surface area contributed by atoms with Gasteiger partial charge in [-0.3, -0.25) is 4.79 Å². The number of carbonyl (C=O) groups excluding carboxylic acids is 1. The van der Waals surface area contributed by atoms with Gasteiger partial charge in [-0.15, -0.1) is 0 Å². The lowest BCUT2D eigenvalue weighted by Gasteiger charge is -2.27. The highest BCUT2D eigenvalue weighted by molar-refractivity contribution is 9.10. The van der Waals surface area contributed by atoms with Gasteiger partial charge in [0.05, 0.1) is 20.3 Å². The molecule has 7 nitrogen and oxygen atoms in total. The molecule has 1 saturated heterocycles. The Labute approximate surface area is 178 Å². The molecule has 0 saturated carbocycles. The van der Waals surface area contributed by atoms with Gasteiger partial charge in [0, 0.05) is 35.4 Å². The number of hydrogen-bond donors (Lipinski definition) is 0. The highest BCUT2D eigenvalue weighted by Crippen LogP contribution is 2.33. The maximum absolute atomic E-state index is 13.2. The maximum Gasteiger partial charge on any atom is 0.258 e. The lowest BCUT2D eigenvalue weighted by Crippen LogP contribution is -2.40. The van der Waals surface area contributed by atoms with Crippen LogP contribution in [-0.4, -0.2) is 58.6 Å². The molecule has 0 atom stereocenters. The average molecular weight is 481 g/mol. The van der Waals surface area contributed by atoms with Crippen LogP contribution in [0.25, 0.3) is 0 Å². The van der Waals surface area contributed by atoms with E-state index in [1.54, 1.807) is 17.0 Å². The third-order valence-electron chi connectivity index (χ3n) is 5.18. The van der Waals surface area contributed by atoms with Crippen LogP contribution in [-0.2, 0) is 21.2 Å². The van der Waals surface area contributed by atoms with Gasteiger partial charge in [-0.1, -0.05) is 15.9 Å². The molecule has 154 valence electrons. The van der Waals surface area contributed by atoms with Gasteiger partial charge in [-0.25, -0.2) is 8.42 Å². The second kappa shape index (κ2) is 8.06. The van der Waals surface area contributed by atoms with Gasteiger partial charge in [-0.2, -0.15) is 4.31 Å². The fourth-order valence-corrected chi connectivity index (χ4v) is 5.67. The fraction of sp³-hybridized carbons (Fsp3) is 0.350. The minimum Gasteiger partial charge on any atom is -0.495 e. The van der Waals surface area contributed by atoms with E-state index in [1.807, 2.05) is 18.2 Å². The first-order chi connectivity index (χ1) is 13.9. The van der Waals surface area contributed by atoms with Gasteiger partial charge in [0.1, 0.15) is 10.6 Å². The molecule has 0 radical (unpaired) electrons. The van der Waals surface area contributed by atoms with Crippen molar-refractivity contribution in [3.8, 4) is 5.75 Å². The minimum absolute atomic E-state index is 0.00276. The van der Waals surface area contributed by atoms with Gasteiger partial charge in [0.15, 0.2) is 0 Å². The Morgan fingerprint density at radius 2 is 1.86 bits per heavy atom. The van der Waals surface area contributed by atoms with E-state index in [1.165, 1.54) is 17.5 Å². The highest BCUT2D eigenvalue weighted by Gasteiger charge is 2.32. The summed E-state index contributed by atoms with van der Waals surface area (Å²) in [5.74, 6) is -0.00838. The lowest BCUT2D eigenvalue weighted by molar-refractivity contribution is 0.0729. The van der Waals surface area contributed by atoms with E-state index in [2.05, 4.69) is 15.9 Å². The standard InChI is InChI=1S/C20H21BrN2O5S/c1-27-18-5-2-15(13-19(18)29(25,26)22-8-10-28-11-9-22)20(24)23-7-6-14-12-16(21)3-4-17(14)23/h2-5,12-13H,6-11H2,1H3. The van der Waals surface area contributed by atoms with Gasteiger partial charge in [-0.05, 0) is 48.4 Å². The number of methoxy groups -OCH3 is 1. The van der Waals surface area contributed by atoms with Crippen LogP contribution in [0.1, 0.15) is 15.9 Å². The largest absolute Gasteiger partial charge is 0.495 e. The summed E-state index contributed by atoms with van der Waals surface area (Å²) in [4.78, 5) is 14.9. The molecule has 0 spiro atoms. The zero-order valence-electron chi connectivity index (χ0n) is 15.9. The summed E-state index contributed by atoms with van der Waals surface area (Å²) < 4.78 is 39.2. The van der Waals surface area contributed by atoms with Gasteiger partial charge in [0.2, 0.25) is 10.0 Å². The highest BCUT2D eigenvalue weighted by atomic mass is 79.9. The number of carbonyl (C=O) groups is 1. The van der Waals surface area contributed by atoms with Crippen LogP contribution < -0.4 is 9.64 Å². The van der Waals surface area contributed by atoms with Crippen molar-refractivity contribution < 1.29 is 22.7 Å². The molecule has 2 aromatic rings. The van der Waals surface area contributed by atoms with E-state index in [-0.39, 0.29) is 29.6 Å². The Bertz CT molecular complexity index is 1050. The maximum atomic E-state index is 13.2. The summed E-state index contributed by atoms with van der Waals surface area (Å²) in [6.07, 6.45) is 0.760. The van der Waals surface area contributed by atoms with Crippen molar-refractivity contribution in [1.29, 1.82) is 0 Å². The van der Waals surface area contributed by atoms with Crippen LogP contribution in [0.3, 0.4) is 0 Å². The monoisotopic (exact) mass is 480 g/mol. The number of sulfonamides is 1. The lowest BCUT2D eigenvalue weighted by atomic mass is 10.1. The normalized spacial score (nSPS) is 17.2. The first-order valence-corrected chi connectivity index (χ1v) is 11.5. The fourth-order valence-electron chi connectivity index (χ4n) is 3.67. The number of amides is 1. The summed E-state index contributed by atoms with van der Waals surface area (Å²) in [6, 6.07) is 10.4. The predicted octanol–water partition coefficient (Wildman–Crippen LogP) is 2.68. The molecule has 0 aromatic heterocycles. The third kappa shape index (κ3) is 3.79. The van der Waals surface area contributed by atoms with Crippen molar-refractivity contribution in [1.82, 2.24) is 4.31 Å². The summed E-state index contributed by atoms with van der Waals surface area (Å²) in [7, 11) is -2.38. The van der Waals surface area contributed by atoms with E-state index >= 15 is 0 Å². The molecule has 2 aliphatic heterocycles. The summed E-state index contributed by atoms with van der Waals surface area (Å²) >= 11 is 3.45. The third-order valence-corrected chi connectivity index (χ3v) is 7.59. The van der Waals surface area contributed by atoms with Crippen molar-refractivity contribution in [2.24, 2.45) is 0 Å². The van der Waals surface area contributed by atoms with Crippen LogP contribution in [0, 0.1) is 0 Å². The first-order valence-electron chi connectivity index (χ1n) is 9.28. The second-order valence-corrected chi connectivity index (χ2v) is 9.68. The van der Waals surface area contributed by atoms with Crippen LogP contribution in [0.4, 0.5) is 5.69 Å². The number of nitrogens with zero attached hydrogens (tertiary/aromatic N) is 2. The molecule has 0 N–H and O–H groups in total. The molecule has 2 aromatic carbocycles. The molecule has 1 fully saturated rings. The second-order valence-electron chi connectivity index (χ2n) is 6.86. The van der Waals surface area contributed by atoms with Crippen molar-refractivity contribution in [2.45, 2.75) is 11.3 Å². The first kappa shape index (κ1) is 20.3. The summed E-state index contributed by atoms with van der Waals surface area (Å²) in [6.45, 7) is 1.80. The number of fused-ring (bicyclic) bond motifs is 1. The van der Waals surface area contributed by atoms with Crippen molar-refractivity contribution in [3.05, 3.63) is 52.0 Å². The molecule has 29 heavy (non-hydrogen) atoms. The number of ether oxygens (including phenoxy) is 2. The van der Waals surface area contributed by atoms with Gasteiger partial charge < -0.3 is 14.4 Å². The van der Waals surface area contributed by atoms with Crippen LogP contribution in [0.15, 0.2) is 45.8 Å². The van der Waals surface area contributed by atoms with Crippen LogP contribution in [0.2, 0.25) is 0 Å². The quantitative estimate of drug-likeness (QED) is 0.672. The van der Waals surface area contributed by atoms with E-state index in [0.29, 0.717) is 25.3 Å². The number of halogens is 1. The molecule has 9 heteroatoms. The zero-order valence-corrected chi connectivity index (χ0v) is 18.3. The number of hydrogen-bond acceptors (Lipinski definition) is 5. The smallest absolute Gasteiger partial charge is 0.258 e. The van der Waals surface area contributed by atoms with Crippen molar-refractivity contribution >= 4 is 37.5 Å². The molecule has 2 heterocycles. The molecule has 0 aliphatic carbocycles. The molecule has 4 rings (SSSR count). The Hall–Kier alpha value is -1.94. The molecular formula is C20H21BrN2O5S. The van der Waals surface area contributed by atoms with E-state index < -0.39 is 10.0 Å². The van der Waals surface area contributed by atoms with Crippen LogP contribution in [0.5, 0.6) is 5.75 Å². The van der Waals surface area contributed by atoms with E-state index in [0.717, 1.165) is 22.1 Å². The Morgan fingerprint density at radius 3 is 2.59 bits per heavy atom. The van der Waals surface area contributed by atoms with E-state index in [4.69, 9.17) is 9.47 Å². The molecule has 0 bridgehead atoms. The number of anilines is 1. The van der Waals surface area contributed by atoms with Gasteiger partial charge in [0.25, 0.3) is 5.91 Å². The SMILES string of the molecule is COc1ccc(C(=O)N2CCc3cc(Br)ccc32)cc1S(=O)(=O)N1CCOCC1. The predicted molar refractivity (Wildman–Crippen MR) is 112 cm³/mol.